The highest BCUT2D eigenvalue weighted by Gasteiger charge is 2.41. The minimum absolute atomic E-state index is 0.118. The number of rotatable bonds is 4. The predicted octanol–water partition coefficient (Wildman–Crippen LogP) is 3.14. The molecule has 1 saturated carbocycles. The van der Waals surface area contributed by atoms with Crippen LogP contribution in [0.15, 0.2) is 53.3 Å². The van der Waals surface area contributed by atoms with E-state index in [2.05, 4.69) is 21.4 Å². The van der Waals surface area contributed by atoms with Gasteiger partial charge in [-0.1, -0.05) is 41.9 Å². The minimum atomic E-state index is -0.177. The maximum atomic E-state index is 13.6. The molecule has 37 heavy (non-hydrogen) atoms. The monoisotopic (exact) mass is 517 g/mol. The number of nitrogens with two attached hydrogens (primary N) is 1. The minimum Gasteiger partial charge on any atom is -0.331 e. The first kappa shape index (κ1) is 23.8. The Morgan fingerprint density at radius 2 is 1.73 bits per heavy atom. The van der Waals surface area contributed by atoms with Crippen molar-refractivity contribution < 1.29 is 4.79 Å². The van der Waals surface area contributed by atoms with Crippen LogP contribution in [0.1, 0.15) is 41.9 Å². The molecule has 0 saturated heterocycles. The van der Waals surface area contributed by atoms with Gasteiger partial charge in [0, 0.05) is 48.5 Å². The van der Waals surface area contributed by atoms with Gasteiger partial charge in [-0.05, 0) is 49.4 Å². The van der Waals surface area contributed by atoms with E-state index in [1.807, 2.05) is 45.9 Å². The molecule has 6 rings (SSSR count). The molecular weight excluding hydrogens is 490 g/mol. The summed E-state index contributed by atoms with van der Waals surface area (Å²) in [6.07, 6.45) is 3.52. The largest absolute Gasteiger partial charge is 0.331 e. The van der Waals surface area contributed by atoms with E-state index in [-0.39, 0.29) is 22.9 Å². The van der Waals surface area contributed by atoms with Crippen molar-refractivity contribution in [2.24, 2.45) is 12.8 Å². The van der Waals surface area contributed by atoms with Gasteiger partial charge in [0.2, 0.25) is 5.82 Å². The molecule has 4 aromatic rings. The molecule has 0 bridgehead atoms. The number of aromatic nitrogens is 5. The highest BCUT2D eigenvalue weighted by molar-refractivity contribution is 6.30. The van der Waals surface area contributed by atoms with Crippen LogP contribution in [0.3, 0.4) is 0 Å². The van der Waals surface area contributed by atoms with E-state index in [0.717, 1.165) is 30.7 Å². The number of aryl methyl sites for hydroxylation is 1. The lowest BCUT2D eigenvalue weighted by Crippen LogP contribution is -2.50. The quantitative estimate of drug-likeness (QED) is 0.445. The summed E-state index contributed by atoms with van der Waals surface area (Å²) >= 11 is 6.27. The van der Waals surface area contributed by atoms with Crippen molar-refractivity contribution in [2.75, 3.05) is 13.1 Å². The molecule has 1 aliphatic carbocycles. The fraction of sp³-hybridized carbons (Fsp3) is 0.370. The Hall–Kier alpha value is -3.56. The second-order valence-corrected chi connectivity index (χ2v) is 10.5. The molecule has 1 fully saturated rings. The summed E-state index contributed by atoms with van der Waals surface area (Å²) in [5.41, 5.74) is 7.70. The lowest BCUT2D eigenvalue weighted by atomic mass is 9.68. The SMILES string of the molecule is Cn1nc(-c2nnc3n2CCN(C2CCC(CN)(c4cccc(Cl)c4)CC2)C3=O)c2ccccc2c1=O. The first-order chi connectivity index (χ1) is 17.9. The molecule has 1 amide bonds. The Morgan fingerprint density at radius 1 is 1.00 bits per heavy atom. The smallest absolute Gasteiger partial charge is 0.292 e. The number of carbonyl (C=O) groups is 1. The second kappa shape index (κ2) is 9.08. The molecule has 9 nitrogen and oxygen atoms in total. The first-order valence-electron chi connectivity index (χ1n) is 12.6. The van der Waals surface area contributed by atoms with E-state index in [9.17, 15) is 9.59 Å². The Kier molecular flexibility index (Phi) is 5.84. The highest BCUT2D eigenvalue weighted by atomic mass is 35.5. The summed E-state index contributed by atoms with van der Waals surface area (Å²) < 4.78 is 3.14. The predicted molar refractivity (Wildman–Crippen MR) is 141 cm³/mol. The molecular formula is C27H28ClN7O2. The molecule has 3 heterocycles. The van der Waals surface area contributed by atoms with Crippen LogP contribution in [0.4, 0.5) is 0 Å². The molecule has 0 spiro atoms. The zero-order chi connectivity index (χ0) is 25.7. The lowest BCUT2D eigenvalue weighted by molar-refractivity contribution is 0.0523. The zero-order valence-electron chi connectivity index (χ0n) is 20.6. The standard InChI is InChI=1S/C27H28ClN7O2/c1-33-25(36)21-8-3-2-7-20(21)22(32-33)23-30-31-24-26(37)34(13-14-35(23)24)19-9-11-27(16-29,12-10-19)17-5-4-6-18(28)15-17/h2-8,15,19H,9-14,16,29H2,1H3. The highest BCUT2D eigenvalue weighted by Crippen LogP contribution is 2.41. The average Bonchev–Trinajstić information content (AvgIpc) is 3.36. The molecule has 0 unspecified atom stereocenters. The van der Waals surface area contributed by atoms with E-state index < -0.39 is 0 Å². The molecule has 1 aliphatic heterocycles. The van der Waals surface area contributed by atoms with Crippen LogP contribution in [-0.2, 0) is 19.0 Å². The van der Waals surface area contributed by atoms with Gasteiger partial charge in [0.1, 0.15) is 5.69 Å². The third-order valence-electron chi connectivity index (χ3n) is 8.12. The fourth-order valence-corrected chi connectivity index (χ4v) is 6.19. The topological polar surface area (TPSA) is 112 Å². The summed E-state index contributed by atoms with van der Waals surface area (Å²) in [7, 11) is 1.62. The Balaban J connectivity index is 1.27. The van der Waals surface area contributed by atoms with Gasteiger partial charge in [0.15, 0.2) is 5.82 Å². The molecule has 2 aromatic heterocycles. The van der Waals surface area contributed by atoms with Crippen molar-refractivity contribution in [3.8, 4) is 11.5 Å². The summed E-state index contributed by atoms with van der Waals surface area (Å²) in [4.78, 5) is 28.1. The van der Waals surface area contributed by atoms with Crippen LogP contribution in [-0.4, -0.2) is 54.5 Å². The van der Waals surface area contributed by atoms with Crippen LogP contribution < -0.4 is 11.3 Å². The Bertz CT molecular complexity index is 1570. The first-order valence-corrected chi connectivity index (χ1v) is 13.0. The van der Waals surface area contributed by atoms with Crippen molar-refractivity contribution in [3.63, 3.8) is 0 Å². The van der Waals surface area contributed by atoms with Gasteiger partial charge in [-0.25, -0.2) is 4.68 Å². The van der Waals surface area contributed by atoms with Gasteiger partial charge in [-0.2, -0.15) is 5.10 Å². The number of nitrogens with zero attached hydrogens (tertiary/aromatic N) is 6. The van der Waals surface area contributed by atoms with Crippen LogP contribution in [0.25, 0.3) is 22.3 Å². The summed E-state index contributed by atoms with van der Waals surface area (Å²) in [5.74, 6) is 0.695. The summed E-state index contributed by atoms with van der Waals surface area (Å²) in [6, 6.07) is 15.4. The van der Waals surface area contributed by atoms with Crippen molar-refractivity contribution in [1.82, 2.24) is 29.4 Å². The van der Waals surface area contributed by atoms with E-state index in [1.54, 1.807) is 13.1 Å². The van der Waals surface area contributed by atoms with Crippen molar-refractivity contribution in [1.29, 1.82) is 0 Å². The van der Waals surface area contributed by atoms with E-state index in [4.69, 9.17) is 17.3 Å². The number of benzene rings is 2. The summed E-state index contributed by atoms with van der Waals surface area (Å²) in [6.45, 7) is 1.68. The van der Waals surface area contributed by atoms with Crippen molar-refractivity contribution in [3.05, 3.63) is 75.3 Å². The third-order valence-corrected chi connectivity index (χ3v) is 8.35. The van der Waals surface area contributed by atoms with Gasteiger partial charge in [-0.3, -0.25) is 14.2 Å². The molecule has 10 heteroatoms. The van der Waals surface area contributed by atoms with Gasteiger partial charge < -0.3 is 10.6 Å². The Morgan fingerprint density at radius 3 is 2.46 bits per heavy atom. The summed E-state index contributed by atoms with van der Waals surface area (Å²) in [5, 5.41) is 15.1. The van der Waals surface area contributed by atoms with Crippen molar-refractivity contribution >= 4 is 28.3 Å². The maximum absolute atomic E-state index is 13.6. The molecule has 2 aliphatic rings. The normalized spacial score (nSPS) is 21.9. The van der Waals surface area contributed by atoms with E-state index in [1.165, 1.54) is 10.2 Å². The van der Waals surface area contributed by atoms with Crippen LogP contribution in [0, 0.1) is 0 Å². The maximum Gasteiger partial charge on any atom is 0.292 e. The number of carbonyl (C=O) groups excluding carboxylic acids is 1. The number of fused-ring (bicyclic) bond motifs is 2. The fourth-order valence-electron chi connectivity index (χ4n) is 6.00. The van der Waals surface area contributed by atoms with E-state index in [0.29, 0.717) is 47.7 Å². The van der Waals surface area contributed by atoms with Gasteiger partial charge in [0.05, 0.1) is 5.39 Å². The molecule has 190 valence electrons. The molecule has 0 radical (unpaired) electrons. The van der Waals surface area contributed by atoms with Gasteiger partial charge in [-0.15, -0.1) is 10.2 Å². The number of hydrogen-bond acceptors (Lipinski definition) is 6. The van der Waals surface area contributed by atoms with Crippen LogP contribution >= 0.6 is 11.6 Å². The number of halogens is 1. The second-order valence-electron chi connectivity index (χ2n) is 10.0. The van der Waals surface area contributed by atoms with E-state index >= 15 is 0 Å². The van der Waals surface area contributed by atoms with Crippen LogP contribution in [0.5, 0.6) is 0 Å². The zero-order valence-corrected chi connectivity index (χ0v) is 21.4. The molecule has 2 N–H and O–H groups in total. The third kappa shape index (κ3) is 3.84. The van der Waals surface area contributed by atoms with Crippen LogP contribution in [0.2, 0.25) is 5.02 Å². The van der Waals surface area contributed by atoms with Gasteiger partial charge >= 0.3 is 0 Å². The average molecular weight is 518 g/mol. The van der Waals surface area contributed by atoms with Gasteiger partial charge in [0.25, 0.3) is 11.5 Å². The number of hydrogen-bond donors (Lipinski definition) is 1. The Labute approximate surface area is 218 Å². The van der Waals surface area contributed by atoms with Crippen molar-refractivity contribution in [2.45, 2.75) is 43.7 Å². The lowest BCUT2D eigenvalue weighted by Gasteiger charge is -2.44. The molecule has 0 atom stereocenters. The number of amides is 1. The molecule has 2 aromatic carbocycles.